The second-order valence-corrected chi connectivity index (χ2v) is 7.26. The van der Waals surface area contributed by atoms with Crippen LogP contribution in [0.3, 0.4) is 0 Å². The summed E-state index contributed by atoms with van der Waals surface area (Å²) >= 11 is 0. The van der Waals surface area contributed by atoms with Crippen molar-refractivity contribution < 1.29 is 4.79 Å². The Morgan fingerprint density at radius 3 is 2.60 bits per heavy atom. The van der Waals surface area contributed by atoms with Gasteiger partial charge in [0, 0.05) is 16.8 Å². The summed E-state index contributed by atoms with van der Waals surface area (Å²) in [6.45, 7) is 4.15. The minimum atomic E-state index is -0.0312. The van der Waals surface area contributed by atoms with E-state index in [1.54, 1.807) is 6.33 Å². The molecule has 0 atom stereocenters. The highest BCUT2D eigenvalue weighted by molar-refractivity contribution is 6.10. The molecular weight excluding hydrogens is 374 g/mol. The van der Waals surface area contributed by atoms with Gasteiger partial charge in [0.15, 0.2) is 11.6 Å². The summed E-state index contributed by atoms with van der Waals surface area (Å²) in [4.78, 5) is 17.6. The molecule has 0 unspecified atom stereocenters. The number of nitrogens with zero attached hydrogens (tertiary/aromatic N) is 4. The SMILES string of the molecule is Cc1cccc(Nc2nc3ccc(C(=O)c4ccccc4)cc3n3cnnc23)c1C. The van der Waals surface area contributed by atoms with Crippen LogP contribution in [0.15, 0.2) is 73.1 Å². The number of anilines is 2. The molecule has 0 aliphatic carbocycles. The molecule has 6 nitrogen and oxygen atoms in total. The smallest absolute Gasteiger partial charge is 0.204 e. The first kappa shape index (κ1) is 18.0. The summed E-state index contributed by atoms with van der Waals surface area (Å²) in [7, 11) is 0. The van der Waals surface area contributed by atoms with Crippen molar-refractivity contribution in [3.63, 3.8) is 0 Å². The molecule has 2 aromatic heterocycles. The average molecular weight is 393 g/mol. The highest BCUT2D eigenvalue weighted by Gasteiger charge is 2.15. The number of hydrogen-bond donors (Lipinski definition) is 1. The normalized spacial score (nSPS) is 11.1. The number of fused-ring (bicyclic) bond motifs is 3. The second-order valence-electron chi connectivity index (χ2n) is 7.26. The zero-order chi connectivity index (χ0) is 20.7. The topological polar surface area (TPSA) is 72.2 Å². The number of aryl methyl sites for hydroxylation is 1. The lowest BCUT2D eigenvalue weighted by molar-refractivity contribution is 0.103. The summed E-state index contributed by atoms with van der Waals surface area (Å²) < 4.78 is 1.86. The van der Waals surface area contributed by atoms with Crippen molar-refractivity contribution in [2.75, 3.05) is 5.32 Å². The Kier molecular flexibility index (Phi) is 4.25. The third-order valence-corrected chi connectivity index (χ3v) is 5.38. The quantitative estimate of drug-likeness (QED) is 0.441. The number of carbonyl (C=O) groups excluding carboxylic acids is 1. The van der Waals surface area contributed by atoms with Crippen LogP contribution in [0.1, 0.15) is 27.0 Å². The molecule has 5 aromatic rings. The predicted molar refractivity (Wildman–Crippen MR) is 117 cm³/mol. The number of benzene rings is 3. The van der Waals surface area contributed by atoms with Crippen molar-refractivity contribution in [1.82, 2.24) is 19.6 Å². The Morgan fingerprint density at radius 1 is 0.933 bits per heavy atom. The summed E-state index contributed by atoms with van der Waals surface area (Å²) in [6, 6.07) is 20.9. The molecule has 146 valence electrons. The molecule has 0 aliphatic heterocycles. The third-order valence-electron chi connectivity index (χ3n) is 5.38. The van der Waals surface area contributed by atoms with Gasteiger partial charge >= 0.3 is 0 Å². The van der Waals surface area contributed by atoms with Crippen molar-refractivity contribution in [2.45, 2.75) is 13.8 Å². The molecule has 0 radical (unpaired) electrons. The van der Waals surface area contributed by atoms with Crippen LogP contribution in [-0.2, 0) is 0 Å². The van der Waals surface area contributed by atoms with Gasteiger partial charge in [-0.2, -0.15) is 0 Å². The number of aromatic nitrogens is 4. The van der Waals surface area contributed by atoms with E-state index < -0.39 is 0 Å². The van der Waals surface area contributed by atoms with Gasteiger partial charge in [0.2, 0.25) is 5.65 Å². The first-order chi connectivity index (χ1) is 14.6. The fraction of sp³-hybridized carbons (Fsp3) is 0.0833. The van der Waals surface area contributed by atoms with Gasteiger partial charge in [-0.1, -0.05) is 42.5 Å². The van der Waals surface area contributed by atoms with Gasteiger partial charge in [0.25, 0.3) is 0 Å². The molecule has 30 heavy (non-hydrogen) atoms. The largest absolute Gasteiger partial charge is 0.337 e. The molecule has 1 N–H and O–H groups in total. The van der Waals surface area contributed by atoms with Crippen molar-refractivity contribution in [3.05, 3.63) is 95.3 Å². The van der Waals surface area contributed by atoms with E-state index in [4.69, 9.17) is 4.98 Å². The molecule has 0 saturated heterocycles. The summed E-state index contributed by atoms with van der Waals surface area (Å²) in [5.74, 6) is 0.590. The molecule has 0 aliphatic rings. The molecule has 3 aromatic carbocycles. The van der Waals surface area contributed by atoms with Gasteiger partial charge in [0.05, 0.1) is 11.0 Å². The Balaban J connectivity index is 1.63. The maximum Gasteiger partial charge on any atom is 0.204 e. The van der Waals surface area contributed by atoms with E-state index in [1.807, 2.05) is 65.1 Å². The van der Waals surface area contributed by atoms with Gasteiger partial charge in [-0.15, -0.1) is 10.2 Å². The van der Waals surface area contributed by atoms with Crippen LogP contribution in [0.25, 0.3) is 16.7 Å². The lowest BCUT2D eigenvalue weighted by atomic mass is 10.0. The lowest BCUT2D eigenvalue weighted by Gasteiger charge is -2.13. The molecule has 0 amide bonds. The van der Waals surface area contributed by atoms with E-state index in [0.717, 1.165) is 22.3 Å². The van der Waals surface area contributed by atoms with Crippen LogP contribution in [0.2, 0.25) is 0 Å². The third kappa shape index (κ3) is 2.99. The number of rotatable bonds is 4. The Hall–Kier alpha value is -4.06. The molecule has 0 fully saturated rings. The van der Waals surface area contributed by atoms with Crippen LogP contribution in [-0.4, -0.2) is 25.4 Å². The minimum absolute atomic E-state index is 0.0312. The molecular formula is C24H19N5O. The highest BCUT2D eigenvalue weighted by atomic mass is 16.1. The first-order valence-corrected chi connectivity index (χ1v) is 9.68. The second kappa shape index (κ2) is 7.08. The van der Waals surface area contributed by atoms with Gasteiger partial charge in [-0.05, 0) is 49.2 Å². The van der Waals surface area contributed by atoms with E-state index in [2.05, 4.69) is 35.4 Å². The van der Waals surface area contributed by atoms with E-state index in [-0.39, 0.29) is 5.78 Å². The summed E-state index contributed by atoms with van der Waals surface area (Å²) in [5, 5.41) is 11.7. The number of nitrogens with one attached hydrogen (secondary N) is 1. The van der Waals surface area contributed by atoms with Gasteiger partial charge < -0.3 is 5.32 Å². The van der Waals surface area contributed by atoms with E-state index in [1.165, 1.54) is 5.56 Å². The molecule has 0 spiro atoms. The standard InChI is InChI=1S/C24H19N5O/c1-15-7-6-10-19(16(15)2)26-23-24-28-25-14-29(24)21-13-18(11-12-20(21)27-23)22(30)17-8-4-3-5-9-17/h3-14H,1-2H3,(H,26,27). The zero-order valence-corrected chi connectivity index (χ0v) is 16.6. The van der Waals surface area contributed by atoms with Gasteiger partial charge in [-0.3, -0.25) is 9.20 Å². The first-order valence-electron chi connectivity index (χ1n) is 9.68. The Labute approximate surface area is 173 Å². The highest BCUT2D eigenvalue weighted by Crippen LogP contribution is 2.27. The molecule has 6 heteroatoms. The fourth-order valence-electron chi connectivity index (χ4n) is 3.55. The van der Waals surface area contributed by atoms with Crippen molar-refractivity contribution in [1.29, 1.82) is 0 Å². The molecule has 0 bridgehead atoms. The minimum Gasteiger partial charge on any atom is -0.337 e. The fourth-order valence-corrected chi connectivity index (χ4v) is 3.55. The van der Waals surface area contributed by atoms with E-state index in [0.29, 0.717) is 22.6 Å². The van der Waals surface area contributed by atoms with Crippen LogP contribution >= 0.6 is 0 Å². The van der Waals surface area contributed by atoms with Gasteiger partial charge in [-0.25, -0.2) is 4.98 Å². The number of carbonyl (C=O) groups is 1. The summed E-state index contributed by atoms with van der Waals surface area (Å²) in [6.07, 6.45) is 1.64. The molecule has 5 rings (SSSR count). The lowest BCUT2D eigenvalue weighted by Crippen LogP contribution is -2.04. The van der Waals surface area contributed by atoms with Crippen LogP contribution < -0.4 is 5.32 Å². The van der Waals surface area contributed by atoms with Crippen LogP contribution in [0.4, 0.5) is 11.5 Å². The maximum absolute atomic E-state index is 12.9. The monoisotopic (exact) mass is 393 g/mol. The number of ketones is 1. The molecule has 0 saturated carbocycles. The van der Waals surface area contributed by atoms with Crippen LogP contribution in [0, 0.1) is 13.8 Å². The Morgan fingerprint density at radius 2 is 1.77 bits per heavy atom. The van der Waals surface area contributed by atoms with Gasteiger partial charge in [0.1, 0.15) is 6.33 Å². The summed E-state index contributed by atoms with van der Waals surface area (Å²) in [5.41, 5.74) is 6.71. The Bertz CT molecular complexity index is 1410. The average Bonchev–Trinajstić information content (AvgIpc) is 3.27. The number of hydrogen-bond acceptors (Lipinski definition) is 5. The predicted octanol–water partition coefficient (Wildman–Crippen LogP) is 4.87. The maximum atomic E-state index is 12.9. The van der Waals surface area contributed by atoms with Crippen molar-refractivity contribution in [2.24, 2.45) is 0 Å². The van der Waals surface area contributed by atoms with Crippen molar-refractivity contribution in [3.8, 4) is 0 Å². The van der Waals surface area contributed by atoms with Crippen molar-refractivity contribution >= 4 is 34.0 Å². The molecule has 2 heterocycles. The zero-order valence-electron chi connectivity index (χ0n) is 16.6. The van der Waals surface area contributed by atoms with Crippen LogP contribution in [0.5, 0.6) is 0 Å². The van der Waals surface area contributed by atoms with E-state index >= 15 is 0 Å². The van der Waals surface area contributed by atoms with E-state index in [9.17, 15) is 4.79 Å².